The summed E-state index contributed by atoms with van der Waals surface area (Å²) in [7, 11) is -3.57. The molecular weight excluding hydrogens is 520 g/mol. The normalized spacial score (nSPS) is 14.4. The molecule has 1 aliphatic rings. The molecule has 5 aromatic rings. The molecular formula is C28H28ClN6O2S-. The molecule has 0 unspecified atom stereocenters. The first-order valence-electron chi connectivity index (χ1n) is 12.5. The number of hydrogen-bond acceptors (Lipinski definition) is 6. The third-order valence-electron chi connectivity index (χ3n) is 6.94. The molecule has 2 N–H and O–H groups in total. The molecule has 6 rings (SSSR count). The average molecular weight is 548 g/mol. The Kier molecular flexibility index (Phi) is 7.34. The monoisotopic (exact) mass is 547 g/mol. The number of benzene rings is 3. The highest BCUT2D eigenvalue weighted by atomic mass is 35.5. The number of sulfonamides is 1. The van der Waals surface area contributed by atoms with Crippen LogP contribution in [0.25, 0.3) is 33.1 Å². The van der Waals surface area contributed by atoms with Gasteiger partial charge in [-0.1, -0.05) is 55.0 Å². The van der Waals surface area contributed by atoms with Crippen molar-refractivity contribution in [3.05, 3.63) is 78.1 Å². The van der Waals surface area contributed by atoms with Crippen molar-refractivity contribution in [1.82, 2.24) is 24.5 Å². The zero-order valence-corrected chi connectivity index (χ0v) is 22.6. The Bertz CT molecular complexity index is 1680. The van der Waals surface area contributed by atoms with Crippen LogP contribution in [-0.4, -0.2) is 46.0 Å². The predicted molar refractivity (Wildman–Crippen MR) is 146 cm³/mol. The van der Waals surface area contributed by atoms with Gasteiger partial charge in [-0.25, -0.2) is 13.4 Å². The minimum atomic E-state index is -3.57. The number of anilines is 1. The predicted octanol–water partition coefficient (Wildman–Crippen LogP) is 2.27. The standard InChI is InChI=1S/C28H28N6O2S.ClH/c1-19-13-14-20(17-25(19)37(35,36)34-15-7-2-8-16-34)27-21-9-3-4-10-22(21)28(33-32-27)29-18-26-30-23-11-5-6-12-24(23)31-26;/h3-6,9-14,17H,2,7-8,15-16,18H2,1H3,(H,29,33)(H,30,31);1H/p-1. The molecule has 196 valence electrons. The van der Waals surface area contributed by atoms with Crippen LogP contribution < -0.4 is 17.7 Å². The summed E-state index contributed by atoms with van der Waals surface area (Å²) in [6, 6.07) is 21.3. The van der Waals surface area contributed by atoms with Crippen molar-refractivity contribution in [3.8, 4) is 11.3 Å². The van der Waals surface area contributed by atoms with E-state index >= 15 is 0 Å². The molecule has 0 spiro atoms. The number of aromatic nitrogens is 4. The van der Waals surface area contributed by atoms with Gasteiger partial charge in [0.25, 0.3) is 0 Å². The number of piperidine rings is 1. The first-order valence-corrected chi connectivity index (χ1v) is 14.0. The Morgan fingerprint density at radius 2 is 1.66 bits per heavy atom. The fourth-order valence-corrected chi connectivity index (χ4v) is 6.74. The molecule has 38 heavy (non-hydrogen) atoms. The van der Waals surface area contributed by atoms with E-state index in [4.69, 9.17) is 0 Å². The number of fused-ring (bicyclic) bond motifs is 2. The van der Waals surface area contributed by atoms with E-state index in [0.29, 0.717) is 36.0 Å². The molecule has 1 aliphatic heterocycles. The van der Waals surface area contributed by atoms with Crippen molar-refractivity contribution in [2.75, 3.05) is 18.4 Å². The van der Waals surface area contributed by atoms with E-state index < -0.39 is 10.0 Å². The first kappa shape index (κ1) is 26.1. The average Bonchev–Trinajstić information content (AvgIpc) is 3.35. The molecule has 1 saturated heterocycles. The summed E-state index contributed by atoms with van der Waals surface area (Å²) in [6.07, 6.45) is 2.87. The highest BCUT2D eigenvalue weighted by Crippen LogP contribution is 2.33. The number of imidazole rings is 1. The molecule has 0 amide bonds. The molecule has 8 nitrogen and oxygen atoms in total. The third-order valence-corrected chi connectivity index (χ3v) is 8.98. The minimum Gasteiger partial charge on any atom is -1.00 e. The van der Waals surface area contributed by atoms with E-state index in [1.54, 1.807) is 10.4 Å². The molecule has 0 bridgehead atoms. The van der Waals surface area contributed by atoms with Gasteiger partial charge in [-0.2, -0.15) is 4.31 Å². The topological polar surface area (TPSA) is 104 Å². The lowest BCUT2D eigenvalue weighted by atomic mass is 10.0. The number of halogens is 1. The van der Waals surface area contributed by atoms with Crippen LogP contribution in [0.5, 0.6) is 0 Å². The summed E-state index contributed by atoms with van der Waals surface area (Å²) in [5.74, 6) is 1.45. The summed E-state index contributed by atoms with van der Waals surface area (Å²) >= 11 is 0. The van der Waals surface area contributed by atoms with Crippen molar-refractivity contribution in [2.24, 2.45) is 0 Å². The summed E-state index contributed by atoms with van der Waals surface area (Å²) in [4.78, 5) is 8.28. The maximum Gasteiger partial charge on any atom is 0.243 e. The number of rotatable bonds is 6. The largest absolute Gasteiger partial charge is 1.00 e. The fraction of sp³-hybridized carbons (Fsp3) is 0.250. The van der Waals surface area contributed by atoms with Gasteiger partial charge in [-0.15, -0.1) is 10.2 Å². The van der Waals surface area contributed by atoms with Crippen LogP contribution in [0.2, 0.25) is 0 Å². The molecule has 0 radical (unpaired) electrons. The highest BCUT2D eigenvalue weighted by molar-refractivity contribution is 7.89. The van der Waals surface area contributed by atoms with Gasteiger partial charge >= 0.3 is 0 Å². The smallest absolute Gasteiger partial charge is 0.243 e. The second-order valence-corrected chi connectivity index (χ2v) is 11.3. The molecule has 0 aliphatic carbocycles. The molecule has 2 aromatic heterocycles. The molecule has 0 atom stereocenters. The molecule has 3 heterocycles. The summed E-state index contributed by atoms with van der Waals surface area (Å²) in [5, 5.41) is 14.2. The highest BCUT2D eigenvalue weighted by Gasteiger charge is 2.28. The number of hydrogen-bond donors (Lipinski definition) is 2. The van der Waals surface area contributed by atoms with Crippen molar-refractivity contribution in [3.63, 3.8) is 0 Å². The Hall–Kier alpha value is -3.53. The van der Waals surface area contributed by atoms with E-state index in [1.807, 2.05) is 67.6 Å². The summed E-state index contributed by atoms with van der Waals surface area (Å²) < 4.78 is 28.5. The number of para-hydroxylation sites is 2. The minimum absolute atomic E-state index is 0. The van der Waals surface area contributed by atoms with Crippen LogP contribution in [0.1, 0.15) is 30.7 Å². The van der Waals surface area contributed by atoms with Crippen LogP contribution in [0.15, 0.2) is 71.6 Å². The number of H-pyrrole nitrogens is 1. The lowest BCUT2D eigenvalue weighted by molar-refractivity contribution is -0.0000102. The van der Waals surface area contributed by atoms with E-state index in [-0.39, 0.29) is 12.4 Å². The SMILES string of the molecule is Cc1ccc(-c2nnc(NCc3nc4ccccc4[nH]3)c3ccccc23)cc1S(=O)(=O)N1CCCCC1.[Cl-]. The van der Waals surface area contributed by atoms with Gasteiger partial charge < -0.3 is 22.7 Å². The van der Waals surface area contributed by atoms with Gasteiger partial charge in [-0.05, 0) is 43.5 Å². The second kappa shape index (κ2) is 10.7. The van der Waals surface area contributed by atoms with Crippen molar-refractivity contribution >= 4 is 37.6 Å². The Morgan fingerprint density at radius 3 is 2.45 bits per heavy atom. The summed E-state index contributed by atoms with van der Waals surface area (Å²) in [5.41, 5.74) is 4.02. The summed E-state index contributed by atoms with van der Waals surface area (Å²) in [6.45, 7) is 3.45. The maximum atomic E-state index is 13.5. The second-order valence-electron chi connectivity index (χ2n) is 9.44. The Morgan fingerprint density at radius 1 is 0.921 bits per heavy atom. The Balaban J connectivity index is 0.00000294. The van der Waals surface area contributed by atoms with Crippen LogP contribution >= 0.6 is 0 Å². The third kappa shape index (κ3) is 4.84. The molecule has 3 aromatic carbocycles. The lowest BCUT2D eigenvalue weighted by Gasteiger charge is -2.26. The van der Waals surface area contributed by atoms with Crippen LogP contribution in [-0.2, 0) is 16.6 Å². The van der Waals surface area contributed by atoms with Gasteiger partial charge in [0.15, 0.2) is 5.82 Å². The van der Waals surface area contributed by atoms with Crippen molar-refractivity contribution in [2.45, 2.75) is 37.6 Å². The fourth-order valence-electron chi connectivity index (χ4n) is 4.97. The van der Waals surface area contributed by atoms with Crippen molar-refractivity contribution < 1.29 is 20.8 Å². The van der Waals surface area contributed by atoms with Crippen LogP contribution in [0.4, 0.5) is 5.82 Å². The number of nitrogens with zero attached hydrogens (tertiary/aromatic N) is 4. The van der Waals surface area contributed by atoms with Crippen LogP contribution in [0, 0.1) is 6.92 Å². The number of aromatic amines is 1. The maximum absolute atomic E-state index is 13.5. The van der Waals surface area contributed by atoms with E-state index in [0.717, 1.165) is 58.0 Å². The van der Waals surface area contributed by atoms with Gasteiger partial charge in [-0.3, -0.25) is 0 Å². The van der Waals surface area contributed by atoms with E-state index in [9.17, 15) is 8.42 Å². The quantitative estimate of drug-likeness (QED) is 0.338. The van der Waals surface area contributed by atoms with Gasteiger partial charge in [0.05, 0.1) is 22.5 Å². The zero-order valence-electron chi connectivity index (χ0n) is 21.0. The van der Waals surface area contributed by atoms with Gasteiger partial charge in [0.1, 0.15) is 11.5 Å². The van der Waals surface area contributed by atoms with Gasteiger partial charge in [0, 0.05) is 29.4 Å². The number of aryl methyl sites for hydroxylation is 1. The Labute approximate surface area is 228 Å². The number of nitrogens with one attached hydrogen (secondary N) is 2. The molecule has 1 fully saturated rings. The van der Waals surface area contributed by atoms with E-state index in [2.05, 4.69) is 25.5 Å². The lowest BCUT2D eigenvalue weighted by Crippen LogP contribution is -3.00. The molecule has 0 saturated carbocycles. The first-order chi connectivity index (χ1) is 18.0. The van der Waals surface area contributed by atoms with Crippen LogP contribution in [0.3, 0.4) is 0 Å². The molecule has 10 heteroatoms. The van der Waals surface area contributed by atoms with Gasteiger partial charge in [0.2, 0.25) is 10.0 Å². The zero-order chi connectivity index (χ0) is 25.4. The van der Waals surface area contributed by atoms with Crippen molar-refractivity contribution in [1.29, 1.82) is 0 Å². The van der Waals surface area contributed by atoms with E-state index in [1.165, 1.54) is 0 Å².